The summed E-state index contributed by atoms with van der Waals surface area (Å²) in [6, 6.07) is 6.91. The van der Waals surface area contributed by atoms with Crippen molar-refractivity contribution in [1.29, 1.82) is 0 Å². The van der Waals surface area contributed by atoms with E-state index in [1.165, 1.54) is 18.4 Å². The van der Waals surface area contributed by atoms with Gasteiger partial charge in [-0.2, -0.15) is 0 Å². The summed E-state index contributed by atoms with van der Waals surface area (Å²) in [7, 11) is 4.34. The first-order chi connectivity index (χ1) is 9.10. The monoisotopic (exact) mass is 281 g/mol. The molecule has 4 heteroatoms. The molecular formula is C15H24ClN3. The number of nitrogens with two attached hydrogens (primary N) is 1. The molecule has 1 aliphatic heterocycles. The van der Waals surface area contributed by atoms with Gasteiger partial charge in [0.2, 0.25) is 0 Å². The molecule has 2 N–H and O–H groups in total. The summed E-state index contributed by atoms with van der Waals surface area (Å²) in [6.07, 6.45) is 2.48. The van der Waals surface area contributed by atoms with Gasteiger partial charge in [-0.3, -0.25) is 4.90 Å². The minimum atomic E-state index is 0.550. The Morgan fingerprint density at radius 1 is 1.32 bits per heavy atom. The molecule has 106 valence electrons. The molecule has 0 unspecified atom stereocenters. The van der Waals surface area contributed by atoms with Gasteiger partial charge in [0.15, 0.2) is 0 Å². The van der Waals surface area contributed by atoms with Crippen LogP contribution in [0, 0.1) is 0 Å². The summed E-state index contributed by atoms with van der Waals surface area (Å²) in [5.41, 5.74) is 7.93. The van der Waals surface area contributed by atoms with Gasteiger partial charge in [0.1, 0.15) is 0 Å². The largest absolute Gasteiger partial charge is 0.326 e. The zero-order valence-electron chi connectivity index (χ0n) is 11.9. The quantitative estimate of drug-likeness (QED) is 0.919. The van der Waals surface area contributed by atoms with Gasteiger partial charge in [-0.25, -0.2) is 0 Å². The van der Waals surface area contributed by atoms with Gasteiger partial charge in [0.25, 0.3) is 0 Å². The fourth-order valence-corrected chi connectivity index (χ4v) is 2.94. The minimum absolute atomic E-state index is 0.550. The molecule has 1 fully saturated rings. The van der Waals surface area contributed by atoms with Crippen molar-refractivity contribution >= 4 is 11.6 Å². The van der Waals surface area contributed by atoms with Gasteiger partial charge in [-0.1, -0.05) is 23.7 Å². The number of rotatable bonds is 4. The maximum atomic E-state index is 6.32. The summed E-state index contributed by atoms with van der Waals surface area (Å²) in [6.45, 7) is 3.80. The molecule has 0 atom stereocenters. The minimum Gasteiger partial charge on any atom is -0.326 e. The van der Waals surface area contributed by atoms with E-state index < -0.39 is 0 Å². The van der Waals surface area contributed by atoms with E-state index in [2.05, 4.69) is 36.0 Å². The molecule has 2 rings (SSSR count). The van der Waals surface area contributed by atoms with E-state index in [0.717, 1.165) is 36.3 Å². The highest BCUT2D eigenvalue weighted by molar-refractivity contribution is 6.31. The summed E-state index contributed by atoms with van der Waals surface area (Å²) in [4.78, 5) is 4.82. The van der Waals surface area contributed by atoms with Gasteiger partial charge in [-0.05, 0) is 57.2 Å². The molecular weight excluding hydrogens is 258 g/mol. The third kappa shape index (κ3) is 3.93. The van der Waals surface area contributed by atoms with Crippen molar-refractivity contribution in [3.05, 3.63) is 34.3 Å². The fourth-order valence-electron chi connectivity index (χ4n) is 2.68. The van der Waals surface area contributed by atoms with Gasteiger partial charge in [0.05, 0.1) is 0 Å². The Morgan fingerprint density at radius 3 is 2.53 bits per heavy atom. The molecule has 0 aromatic heterocycles. The molecule has 1 saturated heterocycles. The molecule has 0 radical (unpaired) electrons. The van der Waals surface area contributed by atoms with Crippen LogP contribution < -0.4 is 5.73 Å². The van der Waals surface area contributed by atoms with Crippen LogP contribution in [0.2, 0.25) is 5.02 Å². The van der Waals surface area contributed by atoms with Gasteiger partial charge >= 0.3 is 0 Å². The van der Waals surface area contributed by atoms with Crippen molar-refractivity contribution in [2.75, 3.05) is 27.2 Å². The third-order valence-electron chi connectivity index (χ3n) is 4.03. The predicted octanol–water partition coefficient (Wildman–Crippen LogP) is 2.32. The molecule has 0 spiro atoms. The highest BCUT2D eigenvalue weighted by Gasteiger charge is 2.20. The summed E-state index contributed by atoms with van der Waals surface area (Å²) < 4.78 is 0. The Balaban J connectivity index is 1.92. The first kappa shape index (κ1) is 14.8. The average Bonchev–Trinajstić information content (AvgIpc) is 2.41. The lowest BCUT2D eigenvalue weighted by Gasteiger charge is -2.35. The molecule has 1 aromatic carbocycles. The molecule has 0 amide bonds. The summed E-state index contributed by atoms with van der Waals surface area (Å²) >= 11 is 6.32. The summed E-state index contributed by atoms with van der Waals surface area (Å²) in [5.74, 6) is 0. The highest BCUT2D eigenvalue weighted by Crippen LogP contribution is 2.22. The van der Waals surface area contributed by atoms with Crippen molar-refractivity contribution in [1.82, 2.24) is 9.80 Å². The van der Waals surface area contributed by atoms with E-state index in [1.807, 2.05) is 6.07 Å². The Bertz CT molecular complexity index is 412. The Kier molecular flexibility index (Phi) is 5.22. The normalized spacial score (nSPS) is 18.2. The number of hydrogen-bond acceptors (Lipinski definition) is 3. The zero-order chi connectivity index (χ0) is 13.8. The second kappa shape index (κ2) is 6.71. The summed E-state index contributed by atoms with van der Waals surface area (Å²) in [5, 5.41) is 0.845. The number of nitrogens with zero attached hydrogens (tertiary/aromatic N) is 2. The Hall–Kier alpha value is -0.610. The number of piperidine rings is 1. The van der Waals surface area contributed by atoms with Crippen LogP contribution in [-0.2, 0) is 13.1 Å². The number of hydrogen-bond donors (Lipinski definition) is 1. The lowest BCUT2D eigenvalue weighted by molar-refractivity contribution is 0.140. The van der Waals surface area contributed by atoms with Crippen LogP contribution in [0.1, 0.15) is 24.0 Å². The average molecular weight is 282 g/mol. The van der Waals surface area contributed by atoms with Crippen LogP contribution >= 0.6 is 11.6 Å². The number of halogens is 1. The topological polar surface area (TPSA) is 32.5 Å². The van der Waals surface area contributed by atoms with Gasteiger partial charge in [-0.15, -0.1) is 0 Å². The lowest BCUT2D eigenvalue weighted by Crippen LogP contribution is -2.41. The Labute approximate surface area is 121 Å². The SMILES string of the molecule is CN(C)C1CCN(Cc2ccc(CN)cc2Cl)CC1. The van der Waals surface area contributed by atoms with Crippen LogP contribution in [0.25, 0.3) is 0 Å². The molecule has 1 aliphatic rings. The van der Waals surface area contributed by atoms with E-state index in [9.17, 15) is 0 Å². The second-order valence-electron chi connectivity index (χ2n) is 5.60. The van der Waals surface area contributed by atoms with Crippen molar-refractivity contribution < 1.29 is 0 Å². The van der Waals surface area contributed by atoms with Gasteiger partial charge in [0, 0.05) is 24.2 Å². The van der Waals surface area contributed by atoms with Crippen LogP contribution in [0.3, 0.4) is 0 Å². The molecule has 0 aliphatic carbocycles. The standard InChI is InChI=1S/C15H24ClN3/c1-18(2)14-5-7-19(8-6-14)11-13-4-3-12(10-17)9-15(13)16/h3-4,9,14H,5-8,10-11,17H2,1-2H3. The van der Waals surface area contributed by atoms with Crippen LogP contribution in [0.4, 0.5) is 0 Å². The number of benzene rings is 1. The second-order valence-corrected chi connectivity index (χ2v) is 6.01. The van der Waals surface area contributed by atoms with E-state index in [4.69, 9.17) is 17.3 Å². The van der Waals surface area contributed by atoms with E-state index in [-0.39, 0.29) is 0 Å². The van der Waals surface area contributed by atoms with Crippen LogP contribution in [0.15, 0.2) is 18.2 Å². The van der Waals surface area contributed by atoms with Crippen molar-refractivity contribution in [2.24, 2.45) is 5.73 Å². The maximum absolute atomic E-state index is 6.32. The van der Waals surface area contributed by atoms with Crippen molar-refractivity contribution in [3.8, 4) is 0 Å². The molecule has 0 bridgehead atoms. The zero-order valence-corrected chi connectivity index (χ0v) is 12.7. The fraction of sp³-hybridized carbons (Fsp3) is 0.600. The van der Waals surface area contributed by atoms with Crippen LogP contribution in [0.5, 0.6) is 0 Å². The first-order valence-corrected chi connectivity index (χ1v) is 7.34. The molecule has 1 heterocycles. The molecule has 3 nitrogen and oxygen atoms in total. The van der Waals surface area contributed by atoms with Crippen molar-refractivity contribution in [3.63, 3.8) is 0 Å². The molecule has 0 saturated carbocycles. The first-order valence-electron chi connectivity index (χ1n) is 6.96. The van der Waals surface area contributed by atoms with E-state index in [0.29, 0.717) is 6.54 Å². The lowest BCUT2D eigenvalue weighted by atomic mass is 10.0. The smallest absolute Gasteiger partial charge is 0.0454 e. The predicted molar refractivity (Wildman–Crippen MR) is 81.3 cm³/mol. The molecule has 19 heavy (non-hydrogen) atoms. The number of likely N-dealkylation sites (tertiary alicyclic amines) is 1. The highest BCUT2D eigenvalue weighted by atomic mass is 35.5. The molecule has 1 aromatic rings. The Morgan fingerprint density at radius 2 is 2.00 bits per heavy atom. The van der Waals surface area contributed by atoms with Crippen LogP contribution in [-0.4, -0.2) is 43.0 Å². The van der Waals surface area contributed by atoms with Crippen molar-refractivity contribution in [2.45, 2.75) is 32.0 Å². The van der Waals surface area contributed by atoms with E-state index in [1.54, 1.807) is 0 Å². The third-order valence-corrected chi connectivity index (χ3v) is 4.39. The maximum Gasteiger partial charge on any atom is 0.0454 e. The van der Waals surface area contributed by atoms with E-state index >= 15 is 0 Å². The van der Waals surface area contributed by atoms with Gasteiger partial charge < -0.3 is 10.6 Å².